The third-order valence-corrected chi connectivity index (χ3v) is 4.93. The molecule has 1 rings (SSSR count). The number of thiophene rings is 1. The molecule has 1 N–H and O–H groups in total. The minimum atomic E-state index is -3.98. The summed E-state index contributed by atoms with van der Waals surface area (Å²) in [6.45, 7) is -0.894. The van der Waals surface area contributed by atoms with Gasteiger partial charge in [0.25, 0.3) is 0 Å². The molecule has 1 heterocycles. The molecule has 0 spiro atoms. The maximum Gasteiger partial charge on any atom is 0.319 e. The van der Waals surface area contributed by atoms with Gasteiger partial charge < -0.3 is 5.32 Å². The first-order chi connectivity index (χ1) is 7.33. The minimum Gasteiger partial charge on any atom is -0.306 e. The summed E-state index contributed by atoms with van der Waals surface area (Å²) in [5, 5.41) is 2.30. The molecule has 0 saturated heterocycles. The van der Waals surface area contributed by atoms with Crippen molar-refractivity contribution in [3.63, 3.8) is 0 Å². The SMILES string of the molecule is FC(F)C(F)(F)CNCc1cc(Br)c(Br)s1. The second-order valence-electron chi connectivity index (χ2n) is 3.00. The summed E-state index contributed by atoms with van der Waals surface area (Å²) in [5.74, 6) is -3.98. The van der Waals surface area contributed by atoms with E-state index in [0.29, 0.717) is 0 Å². The second-order valence-corrected chi connectivity index (χ2v) is 6.31. The zero-order valence-electron chi connectivity index (χ0n) is 7.74. The van der Waals surface area contributed by atoms with Crippen LogP contribution in [0.3, 0.4) is 0 Å². The molecule has 0 aromatic carbocycles. The molecule has 0 unspecified atom stereocenters. The molecular formula is C8H7Br2F4NS. The normalized spacial score (nSPS) is 12.4. The Kier molecular flexibility index (Phi) is 5.21. The van der Waals surface area contributed by atoms with Gasteiger partial charge in [-0.3, -0.25) is 0 Å². The number of rotatable bonds is 5. The molecule has 0 saturated carbocycles. The Labute approximate surface area is 110 Å². The summed E-state index contributed by atoms with van der Waals surface area (Å²) in [7, 11) is 0. The monoisotopic (exact) mass is 383 g/mol. The van der Waals surface area contributed by atoms with Crippen LogP contribution in [0, 0.1) is 0 Å². The predicted molar refractivity (Wildman–Crippen MR) is 62.4 cm³/mol. The Morgan fingerprint density at radius 3 is 2.44 bits per heavy atom. The average Bonchev–Trinajstić information content (AvgIpc) is 2.45. The van der Waals surface area contributed by atoms with E-state index in [1.165, 1.54) is 11.3 Å². The predicted octanol–water partition coefficient (Wildman–Crippen LogP) is 4.26. The number of halogens is 6. The molecule has 16 heavy (non-hydrogen) atoms. The van der Waals surface area contributed by atoms with Crippen LogP contribution >= 0.6 is 43.2 Å². The van der Waals surface area contributed by atoms with E-state index >= 15 is 0 Å². The van der Waals surface area contributed by atoms with Crippen molar-refractivity contribution in [2.75, 3.05) is 6.54 Å². The Hall–Kier alpha value is 0.340. The smallest absolute Gasteiger partial charge is 0.306 e. The van der Waals surface area contributed by atoms with Gasteiger partial charge in [0.1, 0.15) is 0 Å². The van der Waals surface area contributed by atoms with Crippen LogP contribution < -0.4 is 5.32 Å². The molecule has 0 aliphatic heterocycles. The maximum atomic E-state index is 12.5. The first kappa shape index (κ1) is 14.4. The van der Waals surface area contributed by atoms with E-state index in [9.17, 15) is 17.6 Å². The van der Waals surface area contributed by atoms with E-state index in [0.717, 1.165) is 13.1 Å². The van der Waals surface area contributed by atoms with Crippen LogP contribution in [0.1, 0.15) is 4.88 Å². The van der Waals surface area contributed by atoms with Crippen molar-refractivity contribution in [1.82, 2.24) is 5.32 Å². The van der Waals surface area contributed by atoms with Crippen LogP contribution in [0.15, 0.2) is 14.3 Å². The van der Waals surface area contributed by atoms with Crippen molar-refractivity contribution in [3.05, 3.63) is 19.2 Å². The van der Waals surface area contributed by atoms with Crippen LogP contribution in [0.5, 0.6) is 0 Å². The summed E-state index contributed by atoms with van der Waals surface area (Å²) in [5.41, 5.74) is 0. The van der Waals surface area contributed by atoms with Crippen LogP contribution in [0.2, 0.25) is 0 Å². The minimum absolute atomic E-state index is 0.136. The van der Waals surface area contributed by atoms with Crippen molar-refractivity contribution in [2.45, 2.75) is 18.9 Å². The second kappa shape index (κ2) is 5.79. The van der Waals surface area contributed by atoms with Crippen molar-refractivity contribution in [3.8, 4) is 0 Å². The zero-order chi connectivity index (χ0) is 12.3. The first-order valence-corrected chi connectivity index (χ1v) is 6.53. The number of nitrogens with one attached hydrogen (secondary N) is 1. The van der Waals surface area contributed by atoms with Gasteiger partial charge in [-0.1, -0.05) is 0 Å². The molecule has 0 fully saturated rings. The van der Waals surface area contributed by atoms with Gasteiger partial charge in [-0.15, -0.1) is 11.3 Å². The maximum absolute atomic E-state index is 12.5. The third kappa shape index (κ3) is 3.97. The van der Waals surface area contributed by atoms with Gasteiger partial charge in [0, 0.05) is 15.9 Å². The molecule has 8 heteroatoms. The first-order valence-electron chi connectivity index (χ1n) is 4.13. The van der Waals surface area contributed by atoms with Crippen molar-refractivity contribution < 1.29 is 17.6 Å². The molecule has 1 nitrogen and oxygen atoms in total. The van der Waals surface area contributed by atoms with E-state index in [2.05, 4.69) is 37.2 Å². The van der Waals surface area contributed by atoms with Gasteiger partial charge in [-0.2, -0.15) is 8.78 Å². The highest BCUT2D eigenvalue weighted by molar-refractivity contribution is 9.13. The molecule has 1 aromatic rings. The Morgan fingerprint density at radius 2 is 2.00 bits per heavy atom. The van der Waals surface area contributed by atoms with E-state index in [1.807, 2.05) is 0 Å². The standard InChI is InChI=1S/C8H7Br2F4NS/c9-5-1-4(16-6(5)10)2-15-3-8(13,14)7(11)12/h1,7,15H,2-3H2. The Morgan fingerprint density at radius 1 is 1.38 bits per heavy atom. The number of hydrogen-bond acceptors (Lipinski definition) is 2. The fourth-order valence-electron chi connectivity index (χ4n) is 0.908. The van der Waals surface area contributed by atoms with Crippen LogP contribution in [0.25, 0.3) is 0 Å². The highest BCUT2D eigenvalue weighted by atomic mass is 79.9. The number of hydrogen-bond donors (Lipinski definition) is 1. The van der Waals surface area contributed by atoms with E-state index in [-0.39, 0.29) is 6.54 Å². The molecule has 0 aliphatic rings. The Balaban J connectivity index is 2.41. The quantitative estimate of drug-likeness (QED) is 0.748. The van der Waals surface area contributed by atoms with Gasteiger partial charge in [-0.05, 0) is 37.9 Å². The fraction of sp³-hybridized carbons (Fsp3) is 0.500. The molecule has 0 amide bonds. The van der Waals surface area contributed by atoms with Crippen molar-refractivity contribution >= 4 is 43.2 Å². The van der Waals surface area contributed by atoms with Gasteiger partial charge in [-0.25, -0.2) is 8.78 Å². The summed E-state index contributed by atoms with van der Waals surface area (Å²) in [6.07, 6.45) is -3.64. The molecule has 0 radical (unpaired) electrons. The molecule has 0 atom stereocenters. The highest BCUT2D eigenvalue weighted by Crippen LogP contribution is 2.32. The fourth-order valence-corrected chi connectivity index (χ4v) is 3.05. The highest BCUT2D eigenvalue weighted by Gasteiger charge is 2.39. The largest absolute Gasteiger partial charge is 0.319 e. The summed E-state index contributed by atoms with van der Waals surface area (Å²) >= 11 is 7.83. The van der Waals surface area contributed by atoms with Gasteiger partial charge in [0.2, 0.25) is 0 Å². The molecular weight excluding hydrogens is 378 g/mol. The van der Waals surface area contributed by atoms with Crippen LogP contribution in [-0.2, 0) is 6.54 Å². The molecule has 1 aromatic heterocycles. The lowest BCUT2D eigenvalue weighted by molar-refractivity contribution is -0.125. The van der Waals surface area contributed by atoms with Crippen molar-refractivity contribution in [1.29, 1.82) is 0 Å². The van der Waals surface area contributed by atoms with Crippen molar-refractivity contribution in [2.24, 2.45) is 0 Å². The summed E-state index contributed by atoms with van der Waals surface area (Å²) in [6, 6.07) is 1.74. The number of alkyl halides is 4. The lowest BCUT2D eigenvalue weighted by Gasteiger charge is -2.15. The zero-order valence-corrected chi connectivity index (χ0v) is 11.7. The van der Waals surface area contributed by atoms with Crippen LogP contribution in [-0.4, -0.2) is 18.9 Å². The molecule has 0 bridgehead atoms. The van der Waals surface area contributed by atoms with E-state index < -0.39 is 18.9 Å². The molecule has 92 valence electrons. The van der Waals surface area contributed by atoms with Gasteiger partial charge >= 0.3 is 12.3 Å². The third-order valence-electron chi connectivity index (χ3n) is 1.68. The lowest BCUT2D eigenvalue weighted by atomic mass is 10.3. The molecule has 0 aliphatic carbocycles. The topological polar surface area (TPSA) is 12.0 Å². The lowest BCUT2D eigenvalue weighted by Crippen LogP contribution is -2.38. The van der Waals surface area contributed by atoms with Gasteiger partial charge in [0.15, 0.2) is 0 Å². The summed E-state index contributed by atoms with van der Waals surface area (Å²) < 4.78 is 50.3. The van der Waals surface area contributed by atoms with E-state index in [4.69, 9.17) is 0 Å². The van der Waals surface area contributed by atoms with E-state index in [1.54, 1.807) is 6.07 Å². The van der Waals surface area contributed by atoms with Crippen LogP contribution in [0.4, 0.5) is 17.6 Å². The van der Waals surface area contributed by atoms with Gasteiger partial charge in [0.05, 0.1) is 10.3 Å². The average molecular weight is 385 g/mol. The summed E-state index contributed by atoms with van der Waals surface area (Å²) in [4.78, 5) is 0.781. The Bertz CT molecular complexity index is 336.